The van der Waals surface area contributed by atoms with Crippen LogP contribution in [0.1, 0.15) is 16.2 Å². The molecule has 5 nitrogen and oxygen atoms in total. The molecule has 25 heavy (non-hydrogen) atoms. The SMILES string of the molecule is C=C/C=C(/OCc1nc(C(=O)OC)ccc1-c1ccsc1)C(=C)C=O. The van der Waals surface area contributed by atoms with Gasteiger partial charge in [0.05, 0.1) is 12.8 Å². The highest BCUT2D eigenvalue weighted by molar-refractivity contribution is 7.08. The van der Waals surface area contributed by atoms with Crippen molar-refractivity contribution in [1.29, 1.82) is 0 Å². The van der Waals surface area contributed by atoms with Crippen LogP contribution in [0.4, 0.5) is 0 Å². The van der Waals surface area contributed by atoms with E-state index in [0.717, 1.165) is 11.1 Å². The summed E-state index contributed by atoms with van der Waals surface area (Å²) in [5, 5.41) is 3.93. The third kappa shape index (κ3) is 4.51. The molecule has 0 saturated carbocycles. The number of aromatic nitrogens is 1. The first-order chi connectivity index (χ1) is 12.1. The van der Waals surface area contributed by atoms with Gasteiger partial charge in [-0.15, -0.1) is 0 Å². The van der Waals surface area contributed by atoms with E-state index in [4.69, 9.17) is 9.47 Å². The van der Waals surface area contributed by atoms with Crippen molar-refractivity contribution >= 4 is 23.6 Å². The lowest BCUT2D eigenvalue weighted by atomic mass is 10.1. The minimum absolute atomic E-state index is 0.0581. The third-order valence-electron chi connectivity index (χ3n) is 3.29. The number of ether oxygens (including phenoxy) is 2. The van der Waals surface area contributed by atoms with Gasteiger partial charge >= 0.3 is 5.97 Å². The third-order valence-corrected chi connectivity index (χ3v) is 3.98. The van der Waals surface area contributed by atoms with Gasteiger partial charge in [0, 0.05) is 11.1 Å². The fourth-order valence-corrected chi connectivity index (χ4v) is 2.73. The summed E-state index contributed by atoms with van der Waals surface area (Å²) in [5.41, 5.74) is 2.74. The Morgan fingerprint density at radius 2 is 2.16 bits per heavy atom. The molecular formula is C19H17NO4S. The van der Waals surface area contributed by atoms with Crippen molar-refractivity contribution < 1.29 is 19.1 Å². The summed E-state index contributed by atoms with van der Waals surface area (Å²) in [6, 6.07) is 5.35. The van der Waals surface area contributed by atoms with Gasteiger partial charge in [0.25, 0.3) is 0 Å². The minimum Gasteiger partial charge on any atom is -0.487 e. The number of nitrogens with zero attached hydrogens (tertiary/aromatic N) is 1. The number of methoxy groups -OCH3 is 1. The van der Waals surface area contributed by atoms with Crippen LogP contribution in [-0.2, 0) is 20.9 Å². The highest BCUT2D eigenvalue weighted by Gasteiger charge is 2.15. The van der Waals surface area contributed by atoms with Crippen LogP contribution in [0.15, 0.2) is 65.6 Å². The van der Waals surface area contributed by atoms with E-state index in [1.54, 1.807) is 29.5 Å². The summed E-state index contributed by atoms with van der Waals surface area (Å²) in [7, 11) is 1.30. The molecule has 2 aromatic rings. The number of pyridine rings is 1. The Labute approximate surface area is 149 Å². The van der Waals surface area contributed by atoms with Crippen LogP contribution in [0.2, 0.25) is 0 Å². The summed E-state index contributed by atoms with van der Waals surface area (Å²) < 4.78 is 10.4. The van der Waals surface area contributed by atoms with Crippen LogP contribution >= 0.6 is 11.3 Å². The second-order valence-electron chi connectivity index (χ2n) is 4.89. The second-order valence-corrected chi connectivity index (χ2v) is 5.67. The van der Waals surface area contributed by atoms with Crippen LogP contribution in [-0.4, -0.2) is 24.3 Å². The zero-order valence-corrected chi connectivity index (χ0v) is 14.5. The Kier molecular flexibility index (Phi) is 6.42. The summed E-state index contributed by atoms with van der Waals surface area (Å²) in [6.07, 6.45) is 3.65. The predicted molar refractivity (Wildman–Crippen MR) is 97.2 cm³/mol. The first kappa shape index (κ1) is 18.4. The fourth-order valence-electron chi connectivity index (χ4n) is 2.07. The Balaban J connectivity index is 2.37. The number of esters is 1. The number of carbonyl (C=O) groups excluding carboxylic acids is 2. The van der Waals surface area contributed by atoms with Gasteiger partial charge in [-0.2, -0.15) is 11.3 Å². The van der Waals surface area contributed by atoms with E-state index in [-0.39, 0.29) is 17.9 Å². The van der Waals surface area contributed by atoms with Crippen molar-refractivity contribution in [3.8, 4) is 11.1 Å². The molecule has 0 radical (unpaired) electrons. The van der Waals surface area contributed by atoms with Crippen LogP contribution in [0.3, 0.4) is 0 Å². The number of aldehydes is 1. The number of thiophene rings is 1. The summed E-state index contributed by atoms with van der Waals surface area (Å²) in [5.74, 6) is -0.233. The Bertz CT molecular complexity index is 822. The molecule has 0 unspecified atom stereocenters. The number of carbonyl (C=O) groups is 2. The quantitative estimate of drug-likeness (QED) is 0.236. The predicted octanol–water partition coefficient (Wildman–Crippen LogP) is 3.94. The number of rotatable bonds is 8. The normalized spacial score (nSPS) is 10.8. The molecule has 0 N–H and O–H groups in total. The maximum atomic E-state index is 11.8. The van der Waals surface area contributed by atoms with E-state index >= 15 is 0 Å². The molecule has 0 atom stereocenters. The largest absolute Gasteiger partial charge is 0.487 e. The molecule has 2 heterocycles. The van der Waals surface area contributed by atoms with Gasteiger partial charge in [-0.3, -0.25) is 4.79 Å². The number of hydrogen-bond donors (Lipinski definition) is 0. The first-order valence-corrected chi connectivity index (χ1v) is 8.25. The molecule has 0 aliphatic rings. The van der Waals surface area contributed by atoms with Gasteiger partial charge in [-0.25, -0.2) is 9.78 Å². The summed E-state index contributed by atoms with van der Waals surface area (Å²) >= 11 is 1.55. The Hall–Kier alpha value is -2.99. The minimum atomic E-state index is -0.530. The molecule has 0 spiro atoms. The van der Waals surface area contributed by atoms with Crippen molar-refractivity contribution in [3.63, 3.8) is 0 Å². The fraction of sp³-hybridized carbons (Fsp3) is 0.105. The second kappa shape index (κ2) is 8.75. The standard InChI is InChI=1S/C19H17NO4S/c1-4-5-18(13(2)10-21)24-11-17-15(14-8-9-25-12-14)6-7-16(20-17)19(22)23-3/h4-10,12H,1-2,11H2,3H3/b18-5+. The smallest absolute Gasteiger partial charge is 0.356 e. The molecule has 2 aromatic heterocycles. The van der Waals surface area contributed by atoms with E-state index in [9.17, 15) is 9.59 Å². The van der Waals surface area contributed by atoms with Crippen molar-refractivity contribution in [2.24, 2.45) is 0 Å². The van der Waals surface area contributed by atoms with Gasteiger partial charge in [0.15, 0.2) is 6.29 Å². The summed E-state index contributed by atoms with van der Waals surface area (Å²) in [6.45, 7) is 7.28. The average molecular weight is 355 g/mol. The molecule has 0 bridgehead atoms. The van der Waals surface area contributed by atoms with Gasteiger partial charge in [0.1, 0.15) is 18.1 Å². The Morgan fingerprint density at radius 3 is 2.76 bits per heavy atom. The first-order valence-electron chi connectivity index (χ1n) is 7.31. The molecule has 0 aliphatic carbocycles. The molecule has 0 aliphatic heterocycles. The van der Waals surface area contributed by atoms with E-state index in [1.165, 1.54) is 13.2 Å². The maximum Gasteiger partial charge on any atom is 0.356 e. The van der Waals surface area contributed by atoms with E-state index < -0.39 is 5.97 Å². The van der Waals surface area contributed by atoms with Crippen LogP contribution < -0.4 is 0 Å². The molecule has 0 aromatic carbocycles. The van der Waals surface area contributed by atoms with Crippen LogP contribution in [0.5, 0.6) is 0 Å². The van der Waals surface area contributed by atoms with Gasteiger partial charge in [0.2, 0.25) is 0 Å². The van der Waals surface area contributed by atoms with Gasteiger partial charge in [-0.05, 0) is 40.6 Å². The van der Waals surface area contributed by atoms with Crippen molar-refractivity contribution in [2.75, 3.05) is 7.11 Å². The summed E-state index contributed by atoms with van der Waals surface area (Å²) in [4.78, 5) is 27.0. The lowest BCUT2D eigenvalue weighted by Gasteiger charge is -2.13. The van der Waals surface area contributed by atoms with Gasteiger partial charge < -0.3 is 9.47 Å². The topological polar surface area (TPSA) is 65.5 Å². The molecule has 6 heteroatoms. The number of allylic oxidation sites excluding steroid dienone is 3. The van der Waals surface area contributed by atoms with Crippen LogP contribution in [0, 0.1) is 0 Å². The zero-order chi connectivity index (χ0) is 18.2. The Morgan fingerprint density at radius 1 is 1.36 bits per heavy atom. The van der Waals surface area contributed by atoms with E-state index in [1.807, 2.05) is 16.8 Å². The van der Waals surface area contributed by atoms with Crippen LogP contribution in [0.25, 0.3) is 11.1 Å². The number of hydrogen-bond acceptors (Lipinski definition) is 6. The monoisotopic (exact) mass is 355 g/mol. The lowest BCUT2D eigenvalue weighted by molar-refractivity contribution is -0.105. The lowest BCUT2D eigenvalue weighted by Crippen LogP contribution is -2.08. The highest BCUT2D eigenvalue weighted by atomic mass is 32.1. The van der Waals surface area contributed by atoms with E-state index in [0.29, 0.717) is 17.7 Å². The molecular weight excluding hydrogens is 338 g/mol. The average Bonchev–Trinajstić information content (AvgIpc) is 3.18. The van der Waals surface area contributed by atoms with Crippen molar-refractivity contribution in [3.05, 3.63) is 77.0 Å². The highest BCUT2D eigenvalue weighted by Crippen LogP contribution is 2.26. The van der Waals surface area contributed by atoms with E-state index in [2.05, 4.69) is 18.1 Å². The molecule has 0 fully saturated rings. The zero-order valence-electron chi connectivity index (χ0n) is 13.7. The van der Waals surface area contributed by atoms with Gasteiger partial charge in [-0.1, -0.05) is 19.2 Å². The van der Waals surface area contributed by atoms with Crippen molar-refractivity contribution in [1.82, 2.24) is 4.98 Å². The molecule has 0 amide bonds. The maximum absolute atomic E-state index is 11.8. The van der Waals surface area contributed by atoms with Crippen molar-refractivity contribution in [2.45, 2.75) is 6.61 Å². The molecule has 2 rings (SSSR count). The molecule has 128 valence electrons. The molecule has 0 saturated heterocycles.